The summed E-state index contributed by atoms with van der Waals surface area (Å²) < 4.78 is 7.15. The molecule has 1 N–H and O–H groups in total. The second kappa shape index (κ2) is 8.69. The molecule has 9 nitrogen and oxygen atoms in total. The van der Waals surface area contributed by atoms with Crippen LogP contribution in [0.2, 0.25) is 0 Å². The molecule has 3 aliphatic heterocycles. The second-order valence-electron chi connectivity index (χ2n) is 9.15. The predicted molar refractivity (Wildman–Crippen MR) is 117 cm³/mol. The van der Waals surface area contributed by atoms with Gasteiger partial charge in [0, 0.05) is 37.7 Å². The molecule has 5 heterocycles. The Morgan fingerprint density at radius 1 is 1.22 bits per heavy atom. The summed E-state index contributed by atoms with van der Waals surface area (Å²) in [7, 11) is 0. The Morgan fingerprint density at radius 3 is 2.88 bits per heavy atom. The SMILES string of the molecule is CCCC(=O)N1CCc2c(nc3cc([C@H]4CCCN4C(=O)C[C@@H]4CCCO4)[nH]n3c2=O)C1. The van der Waals surface area contributed by atoms with Crippen molar-refractivity contribution in [1.29, 1.82) is 0 Å². The molecular weight excluding hydrogens is 410 g/mol. The van der Waals surface area contributed by atoms with E-state index in [1.807, 2.05) is 17.9 Å². The number of fused-ring (bicyclic) bond motifs is 2. The van der Waals surface area contributed by atoms with Gasteiger partial charge in [-0.2, -0.15) is 0 Å². The lowest BCUT2D eigenvalue weighted by molar-refractivity contribution is -0.134. The van der Waals surface area contributed by atoms with Gasteiger partial charge in [-0.05, 0) is 38.5 Å². The van der Waals surface area contributed by atoms with Gasteiger partial charge in [-0.3, -0.25) is 19.5 Å². The summed E-state index contributed by atoms with van der Waals surface area (Å²) in [5.74, 6) is 0.226. The number of carbonyl (C=O) groups excluding carboxylic acids is 2. The number of aromatic amines is 1. The molecule has 2 atom stereocenters. The van der Waals surface area contributed by atoms with Crippen LogP contribution >= 0.6 is 0 Å². The Bertz CT molecular complexity index is 1080. The molecule has 3 aliphatic rings. The van der Waals surface area contributed by atoms with Crippen LogP contribution in [0.25, 0.3) is 5.65 Å². The quantitative estimate of drug-likeness (QED) is 0.764. The fourth-order valence-corrected chi connectivity index (χ4v) is 5.27. The Labute approximate surface area is 186 Å². The van der Waals surface area contributed by atoms with Crippen molar-refractivity contribution < 1.29 is 14.3 Å². The summed E-state index contributed by atoms with van der Waals surface area (Å²) in [6, 6.07) is 1.81. The van der Waals surface area contributed by atoms with E-state index in [9.17, 15) is 14.4 Å². The van der Waals surface area contributed by atoms with E-state index < -0.39 is 0 Å². The van der Waals surface area contributed by atoms with Crippen LogP contribution in [0.15, 0.2) is 10.9 Å². The molecule has 0 aromatic carbocycles. The van der Waals surface area contributed by atoms with E-state index in [0.717, 1.165) is 50.9 Å². The van der Waals surface area contributed by atoms with Crippen LogP contribution in [0.5, 0.6) is 0 Å². The fourth-order valence-electron chi connectivity index (χ4n) is 5.27. The first-order chi connectivity index (χ1) is 15.5. The van der Waals surface area contributed by atoms with Crippen molar-refractivity contribution in [3.63, 3.8) is 0 Å². The first kappa shape index (κ1) is 21.2. The largest absolute Gasteiger partial charge is 0.378 e. The average molecular weight is 442 g/mol. The van der Waals surface area contributed by atoms with E-state index >= 15 is 0 Å². The minimum Gasteiger partial charge on any atom is -0.378 e. The standard InChI is InChI=1S/C23H31N5O4/c1-2-5-21(29)26-10-8-16-18(14-26)24-20-13-17(25-28(20)23(16)31)19-7-3-9-27(19)22(30)12-15-6-4-11-32-15/h13,15,19,25H,2-12,14H2,1H3/t15-,19+/m0/s1. The number of H-pyrrole nitrogens is 1. The molecule has 32 heavy (non-hydrogen) atoms. The molecule has 0 spiro atoms. The van der Waals surface area contributed by atoms with Gasteiger partial charge in [0.05, 0.1) is 36.5 Å². The summed E-state index contributed by atoms with van der Waals surface area (Å²) in [4.78, 5) is 46.8. The van der Waals surface area contributed by atoms with Gasteiger partial charge in [-0.25, -0.2) is 9.50 Å². The molecule has 0 bridgehead atoms. The average Bonchev–Trinajstić information content (AvgIpc) is 3.54. The maximum Gasteiger partial charge on any atom is 0.276 e. The molecule has 2 aromatic heterocycles. The van der Waals surface area contributed by atoms with Crippen LogP contribution in [0, 0.1) is 0 Å². The monoisotopic (exact) mass is 441 g/mol. The van der Waals surface area contributed by atoms with Crippen molar-refractivity contribution in [3.05, 3.63) is 33.4 Å². The minimum absolute atomic E-state index is 0.0286. The predicted octanol–water partition coefficient (Wildman–Crippen LogP) is 1.94. The molecule has 2 fully saturated rings. The molecule has 2 aromatic rings. The van der Waals surface area contributed by atoms with Gasteiger partial charge in [0.1, 0.15) is 0 Å². The summed E-state index contributed by atoms with van der Waals surface area (Å²) in [5.41, 5.74) is 2.65. The lowest BCUT2D eigenvalue weighted by atomic mass is 10.1. The van der Waals surface area contributed by atoms with E-state index in [0.29, 0.717) is 49.3 Å². The number of nitrogens with zero attached hydrogens (tertiary/aromatic N) is 4. The third kappa shape index (κ3) is 3.83. The number of carbonyl (C=O) groups is 2. The maximum atomic E-state index is 13.1. The van der Waals surface area contributed by atoms with Crippen molar-refractivity contribution in [1.82, 2.24) is 24.4 Å². The molecule has 9 heteroatoms. The first-order valence-corrected chi connectivity index (χ1v) is 11.9. The van der Waals surface area contributed by atoms with E-state index in [1.165, 1.54) is 4.52 Å². The van der Waals surface area contributed by atoms with E-state index in [2.05, 4.69) is 5.10 Å². The highest BCUT2D eigenvalue weighted by Gasteiger charge is 2.34. The van der Waals surface area contributed by atoms with Gasteiger partial charge in [-0.1, -0.05) is 6.92 Å². The number of ether oxygens (including phenoxy) is 1. The van der Waals surface area contributed by atoms with Crippen molar-refractivity contribution in [2.45, 2.75) is 77.0 Å². The topological polar surface area (TPSA) is 100 Å². The van der Waals surface area contributed by atoms with Crippen LogP contribution in [0.1, 0.15) is 74.9 Å². The third-order valence-corrected chi connectivity index (χ3v) is 6.96. The van der Waals surface area contributed by atoms with E-state index in [1.54, 1.807) is 4.90 Å². The highest BCUT2D eigenvalue weighted by Crippen LogP contribution is 2.33. The van der Waals surface area contributed by atoms with Crippen LogP contribution in [-0.2, 0) is 27.3 Å². The first-order valence-electron chi connectivity index (χ1n) is 11.9. The number of hydrogen-bond donors (Lipinski definition) is 1. The lowest BCUT2D eigenvalue weighted by Gasteiger charge is -2.27. The fraction of sp³-hybridized carbons (Fsp3) is 0.652. The molecular formula is C23H31N5O4. The van der Waals surface area contributed by atoms with Crippen molar-refractivity contribution in [3.8, 4) is 0 Å². The van der Waals surface area contributed by atoms with Crippen molar-refractivity contribution in [2.24, 2.45) is 0 Å². The number of nitrogens with one attached hydrogen (secondary N) is 1. The Balaban J connectivity index is 1.40. The molecule has 0 unspecified atom stereocenters. The lowest BCUT2D eigenvalue weighted by Crippen LogP contribution is -2.39. The molecule has 2 amide bonds. The van der Waals surface area contributed by atoms with Crippen LogP contribution in [0.4, 0.5) is 0 Å². The smallest absolute Gasteiger partial charge is 0.276 e. The number of amides is 2. The third-order valence-electron chi connectivity index (χ3n) is 6.96. The van der Waals surface area contributed by atoms with Gasteiger partial charge in [0.15, 0.2) is 5.65 Å². The summed E-state index contributed by atoms with van der Waals surface area (Å²) >= 11 is 0. The summed E-state index contributed by atoms with van der Waals surface area (Å²) in [6.07, 6.45) is 6.05. The molecule has 0 saturated carbocycles. The summed E-state index contributed by atoms with van der Waals surface area (Å²) in [6.45, 7) is 4.39. The molecule has 172 valence electrons. The van der Waals surface area contributed by atoms with Crippen molar-refractivity contribution in [2.75, 3.05) is 19.7 Å². The van der Waals surface area contributed by atoms with Crippen LogP contribution in [0.3, 0.4) is 0 Å². The Morgan fingerprint density at radius 2 is 2.09 bits per heavy atom. The second-order valence-corrected chi connectivity index (χ2v) is 9.15. The van der Waals surface area contributed by atoms with E-state index in [4.69, 9.17) is 9.72 Å². The number of rotatable bonds is 5. The molecule has 0 aliphatic carbocycles. The van der Waals surface area contributed by atoms with Gasteiger partial charge in [0.25, 0.3) is 5.56 Å². The van der Waals surface area contributed by atoms with Crippen LogP contribution in [-0.4, -0.2) is 62.0 Å². The number of aromatic nitrogens is 3. The molecule has 0 radical (unpaired) electrons. The molecule has 2 saturated heterocycles. The highest BCUT2D eigenvalue weighted by molar-refractivity contribution is 5.77. The maximum absolute atomic E-state index is 13.1. The van der Waals surface area contributed by atoms with Gasteiger partial charge >= 0.3 is 0 Å². The van der Waals surface area contributed by atoms with Gasteiger partial charge in [-0.15, -0.1) is 0 Å². The Kier molecular flexibility index (Phi) is 5.75. The normalized spacial score (nSPS) is 23.2. The highest BCUT2D eigenvalue weighted by atomic mass is 16.5. The number of likely N-dealkylation sites (tertiary alicyclic amines) is 1. The van der Waals surface area contributed by atoms with Gasteiger partial charge < -0.3 is 14.5 Å². The summed E-state index contributed by atoms with van der Waals surface area (Å²) in [5, 5.41) is 3.22. The van der Waals surface area contributed by atoms with Crippen LogP contribution < -0.4 is 5.56 Å². The van der Waals surface area contributed by atoms with E-state index in [-0.39, 0.29) is 29.5 Å². The zero-order chi connectivity index (χ0) is 22.2. The number of hydrogen-bond acceptors (Lipinski definition) is 5. The van der Waals surface area contributed by atoms with Gasteiger partial charge in [0.2, 0.25) is 11.8 Å². The molecule has 5 rings (SSSR count). The van der Waals surface area contributed by atoms with Crippen molar-refractivity contribution >= 4 is 17.5 Å². The minimum atomic E-state index is -0.103. The zero-order valence-corrected chi connectivity index (χ0v) is 18.6. The Hall–Kier alpha value is -2.68. The zero-order valence-electron chi connectivity index (χ0n) is 18.6.